The molecule has 5 heteroatoms. The van der Waals surface area contributed by atoms with E-state index >= 15 is 0 Å². The van der Waals surface area contributed by atoms with Crippen molar-refractivity contribution in [3.8, 4) is 23.5 Å². The van der Waals surface area contributed by atoms with Crippen molar-refractivity contribution in [1.82, 2.24) is 4.98 Å². The van der Waals surface area contributed by atoms with E-state index in [2.05, 4.69) is 16.8 Å². The van der Waals surface area contributed by atoms with Crippen molar-refractivity contribution in [2.75, 3.05) is 14.2 Å². The SMILES string of the molecule is COc1cc(C#CC(=O)OCc2ccccc2)cnc1OC. The molecule has 0 bridgehead atoms. The fraction of sp³-hybridized carbons (Fsp3) is 0.176. The number of hydrogen-bond acceptors (Lipinski definition) is 5. The largest absolute Gasteiger partial charge is 0.491 e. The minimum Gasteiger partial charge on any atom is -0.491 e. The van der Waals surface area contributed by atoms with Crippen LogP contribution in [0.2, 0.25) is 0 Å². The van der Waals surface area contributed by atoms with Crippen LogP contribution in [0.4, 0.5) is 0 Å². The number of carbonyl (C=O) groups is 1. The highest BCUT2D eigenvalue weighted by Crippen LogP contribution is 2.23. The van der Waals surface area contributed by atoms with Crippen molar-refractivity contribution in [3.63, 3.8) is 0 Å². The van der Waals surface area contributed by atoms with Gasteiger partial charge in [0.15, 0.2) is 5.75 Å². The summed E-state index contributed by atoms with van der Waals surface area (Å²) in [7, 11) is 3.00. The number of nitrogens with zero attached hydrogens (tertiary/aromatic N) is 1. The molecule has 0 saturated heterocycles. The molecule has 0 unspecified atom stereocenters. The van der Waals surface area contributed by atoms with Gasteiger partial charge in [0.05, 0.1) is 14.2 Å². The Morgan fingerprint density at radius 3 is 2.64 bits per heavy atom. The first-order valence-electron chi connectivity index (χ1n) is 6.53. The average Bonchev–Trinajstić information content (AvgIpc) is 2.58. The second-order valence-electron chi connectivity index (χ2n) is 4.25. The Kier molecular flexibility index (Phi) is 5.38. The molecule has 1 aromatic heterocycles. The van der Waals surface area contributed by atoms with E-state index in [1.165, 1.54) is 20.4 Å². The van der Waals surface area contributed by atoms with E-state index in [4.69, 9.17) is 14.2 Å². The summed E-state index contributed by atoms with van der Waals surface area (Å²) < 4.78 is 15.2. The lowest BCUT2D eigenvalue weighted by molar-refractivity contribution is -0.137. The smallest absolute Gasteiger partial charge is 0.385 e. The number of esters is 1. The third kappa shape index (κ3) is 4.25. The quantitative estimate of drug-likeness (QED) is 0.639. The standard InChI is InChI=1S/C17H15NO4/c1-20-15-10-14(11-18-17(15)21-2)8-9-16(19)22-12-13-6-4-3-5-7-13/h3-7,10-11H,12H2,1-2H3. The number of rotatable bonds is 4. The van der Waals surface area contributed by atoms with Crippen molar-refractivity contribution >= 4 is 5.97 Å². The molecule has 112 valence electrons. The lowest BCUT2D eigenvalue weighted by Crippen LogP contribution is -2.01. The van der Waals surface area contributed by atoms with Crippen LogP contribution in [0.5, 0.6) is 11.6 Å². The Morgan fingerprint density at radius 2 is 1.95 bits per heavy atom. The van der Waals surface area contributed by atoms with Crippen molar-refractivity contribution in [2.24, 2.45) is 0 Å². The number of carbonyl (C=O) groups excluding carboxylic acids is 1. The summed E-state index contributed by atoms with van der Waals surface area (Å²) in [5.74, 6) is 5.31. The summed E-state index contributed by atoms with van der Waals surface area (Å²) in [5.41, 5.74) is 1.44. The van der Waals surface area contributed by atoms with E-state index in [1.54, 1.807) is 6.07 Å². The number of aromatic nitrogens is 1. The predicted octanol–water partition coefficient (Wildman–Crippen LogP) is 2.19. The second-order valence-corrected chi connectivity index (χ2v) is 4.25. The summed E-state index contributed by atoms with van der Waals surface area (Å²) in [6.07, 6.45) is 1.50. The molecule has 0 spiro atoms. The zero-order valence-corrected chi connectivity index (χ0v) is 12.3. The Labute approximate surface area is 128 Å². The first-order valence-corrected chi connectivity index (χ1v) is 6.53. The van der Waals surface area contributed by atoms with E-state index in [1.807, 2.05) is 30.3 Å². The first-order chi connectivity index (χ1) is 10.7. The molecule has 2 aromatic rings. The van der Waals surface area contributed by atoms with Gasteiger partial charge < -0.3 is 14.2 Å². The Hall–Kier alpha value is -3.00. The van der Waals surface area contributed by atoms with Crippen molar-refractivity contribution in [3.05, 3.63) is 53.7 Å². The van der Waals surface area contributed by atoms with Gasteiger partial charge in [-0.1, -0.05) is 36.3 Å². The Bertz CT molecular complexity index is 702. The third-order valence-electron chi connectivity index (χ3n) is 2.75. The normalized spacial score (nSPS) is 9.36. The molecule has 0 aliphatic heterocycles. The summed E-state index contributed by atoms with van der Waals surface area (Å²) in [5, 5.41) is 0. The molecule has 0 aliphatic rings. The van der Waals surface area contributed by atoms with Gasteiger partial charge >= 0.3 is 5.97 Å². The first kappa shape index (κ1) is 15.4. The van der Waals surface area contributed by atoms with Crippen molar-refractivity contribution in [2.45, 2.75) is 6.61 Å². The molecule has 0 amide bonds. The van der Waals surface area contributed by atoms with Crippen LogP contribution >= 0.6 is 0 Å². The minimum absolute atomic E-state index is 0.193. The zero-order valence-electron chi connectivity index (χ0n) is 12.3. The number of hydrogen-bond donors (Lipinski definition) is 0. The van der Waals surface area contributed by atoms with Gasteiger partial charge in [-0.15, -0.1) is 0 Å². The maximum Gasteiger partial charge on any atom is 0.385 e. The molecule has 0 fully saturated rings. The molecule has 2 rings (SSSR count). The van der Waals surface area contributed by atoms with Crippen LogP contribution in [0.15, 0.2) is 42.6 Å². The predicted molar refractivity (Wildman–Crippen MR) is 80.5 cm³/mol. The molecule has 1 aromatic carbocycles. The van der Waals surface area contributed by atoms with Gasteiger partial charge in [-0.3, -0.25) is 0 Å². The number of methoxy groups -OCH3 is 2. The molecular formula is C17H15NO4. The molecule has 5 nitrogen and oxygen atoms in total. The monoisotopic (exact) mass is 297 g/mol. The van der Waals surface area contributed by atoms with Crippen LogP contribution in [0.25, 0.3) is 0 Å². The highest BCUT2D eigenvalue weighted by molar-refractivity contribution is 5.89. The molecule has 22 heavy (non-hydrogen) atoms. The molecule has 0 aliphatic carbocycles. The van der Waals surface area contributed by atoms with E-state index < -0.39 is 5.97 Å². The van der Waals surface area contributed by atoms with Crippen LogP contribution in [0, 0.1) is 11.8 Å². The summed E-state index contributed by atoms with van der Waals surface area (Å²) in [6.45, 7) is 0.193. The van der Waals surface area contributed by atoms with E-state index in [0.717, 1.165) is 5.56 Å². The lowest BCUT2D eigenvalue weighted by atomic mass is 10.2. The molecule has 0 radical (unpaired) electrons. The Morgan fingerprint density at radius 1 is 1.18 bits per heavy atom. The molecule has 0 atom stereocenters. The average molecular weight is 297 g/mol. The molecule has 0 saturated carbocycles. The second kappa shape index (κ2) is 7.70. The van der Waals surface area contributed by atoms with E-state index in [0.29, 0.717) is 17.2 Å². The van der Waals surface area contributed by atoms with E-state index in [9.17, 15) is 4.79 Å². The van der Waals surface area contributed by atoms with Crippen LogP contribution in [-0.2, 0) is 16.1 Å². The van der Waals surface area contributed by atoms with Crippen LogP contribution < -0.4 is 9.47 Å². The maximum atomic E-state index is 11.6. The van der Waals surface area contributed by atoms with Gasteiger partial charge in [0.2, 0.25) is 0 Å². The van der Waals surface area contributed by atoms with Gasteiger partial charge in [0.1, 0.15) is 6.61 Å². The van der Waals surface area contributed by atoms with E-state index in [-0.39, 0.29) is 6.61 Å². The van der Waals surface area contributed by atoms with Gasteiger partial charge in [-0.25, -0.2) is 9.78 Å². The van der Waals surface area contributed by atoms with Crippen LogP contribution in [0.3, 0.4) is 0 Å². The number of benzene rings is 1. The maximum absolute atomic E-state index is 11.6. The minimum atomic E-state index is -0.598. The van der Waals surface area contributed by atoms with Crippen molar-refractivity contribution < 1.29 is 19.0 Å². The van der Waals surface area contributed by atoms with Gasteiger partial charge in [-0.2, -0.15) is 0 Å². The molecular weight excluding hydrogens is 282 g/mol. The van der Waals surface area contributed by atoms with Crippen molar-refractivity contribution in [1.29, 1.82) is 0 Å². The lowest BCUT2D eigenvalue weighted by Gasteiger charge is -2.05. The number of ether oxygens (including phenoxy) is 3. The fourth-order valence-corrected chi connectivity index (χ4v) is 1.68. The third-order valence-corrected chi connectivity index (χ3v) is 2.75. The van der Waals surface area contributed by atoms with Gasteiger partial charge in [0, 0.05) is 23.7 Å². The highest BCUT2D eigenvalue weighted by Gasteiger charge is 2.05. The fourth-order valence-electron chi connectivity index (χ4n) is 1.68. The molecule has 1 heterocycles. The zero-order chi connectivity index (χ0) is 15.8. The topological polar surface area (TPSA) is 57.7 Å². The highest BCUT2D eigenvalue weighted by atomic mass is 16.5. The van der Waals surface area contributed by atoms with Gasteiger partial charge in [-0.05, 0) is 5.56 Å². The summed E-state index contributed by atoms with van der Waals surface area (Å²) in [6, 6.07) is 11.0. The summed E-state index contributed by atoms with van der Waals surface area (Å²) >= 11 is 0. The van der Waals surface area contributed by atoms with Gasteiger partial charge in [0.25, 0.3) is 5.88 Å². The van der Waals surface area contributed by atoms with Crippen LogP contribution in [0.1, 0.15) is 11.1 Å². The van der Waals surface area contributed by atoms with Crippen LogP contribution in [-0.4, -0.2) is 25.2 Å². The summed E-state index contributed by atoms with van der Waals surface area (Å²) in [4.78, 5) is 15.6. The molecule has 0 N–H and O–H groups in total. The number of pyridine rings is 1. The Balaban J connectivity index is 1.99.